The van der Waals surface area contributed by atoms with Crippen molar-refractivity contribution in [2.75, 3.05) is 5.32 Å². The maximum absolute atomic E-state index is 12.5. The van der Waals surface area contributed by atoms with E-state index >= 15 is 0 Å². The second kappa shape index (κ2) is 5.80. The van der Waals surface area contributed by atoms with Crippen LogP contribution in [0.5, 0.6) is 0 Å². The highest BCUT2D eigenvalue weighted by Crippen LogP contribution is 2.42. The van der Waals surface area contributed by atoms with E-state index in [9.17, 15) is 14.7 Å². The molecule has 2 aromatic rings. The van der Waals surface area contributed by atoms with Gasteiger partial charge in [0.15, 0.2) is 11.4 Å². The Morgan fingerprint density at radius 3 is 2.57 bits per heavy atom. The van der Waals surface area contributed by atoms with Crippen LogP contribution in [0.25, 0.3) is 0 Å². The van der Waals surface area contributed by atoms with Gasteiger partial charge in [0.2, 0.25) is 0 Å². The van der Waals surface area contributed by atoms with Gasteiger partial charge in [-0.2, -0.15) is 0 Å². The number of benzene rings is 2. The van der Waals surface area contributed by atoms with Crippen LogP contribution in [0.4, 0.5) is 5.69 Å². The third-order valence-electron chi connectivity index (χ3n) is 4.17. The van der Waals surface area contributed by atoms with E-state index in [4.69, 9.17) is 11.6 Å². The van der Waals surface area contributed by atoms with Crippen LogP contribution in [-0.2, 0) is 16.8 Å². The summed E-state index contributed by atoms with van der Waals surface area (Å²) >= 11 is 6.04. The van der Waals surface area contributed by atoms with Crippen LogP contribution in [0.3, 0.4) is 0 Å². The van der Waals surface area contributed by atoms with Gasteiger partial charge in [0.05, 0.1) is 17.1 Å². The molecule has 1 unspecified atom stereocenters. The molecule has 1 atom stereocenters. The number of rotatable bonds is 4. The first kappa shape index (κ1) is 15.7. The zero-order valence-electron chi connectivity index (χ0n) is 12.6. The fourth-order valence-corrected chi connectivity index (χ4v) is 2.99. The lowest BCUT2D eigenvalue weighted by Gasteiger charge is -2.20. The largest absolute Gasteiger partial charge is 0.375 e. The third kappa shape index (κ3) is 2.64. The molecule has 0 spiro atoms. The molecule has 0 aliphatic carbocycles. The molecule has 1 aliphatic heterocycles. The first-order chi connectivity index (χ1) is 11.0. The van der Waals surface area contributed by atoms with Crippen LogP contribution in [-0.4, -0.2) is 16.8 Å². The first-order valence-electron chi connectivity index (χ1n) is 7.40. The van der Waals surface area contributed by atoms with E-state index in [-0.39, 0.29) is 12.2 Å². The van der Waals surface area contributed by atoms with Crippen LogP contribution in [0.1, 0.15) is 34.8 Å². The zero-order valence-corrected chi connectivity index (χ0v) is 13.4. The van der Waals surface area contributed by atoms with E-state index < -0.39 is 11.5 Å². The van der Waals surface area contributed by atoms with Gasteiger partial charge in [-0.15, -0.1) is 0 Å². The molecule has 0 radical (unpaired) electrons. The van der Waals surface area contributed by atoms with Crippen molar-refractivity contribution >= 4 is 29.0 Å². The number of nitrogens with one attached hydrogen (secondary N) is 1. The molecule has 1 heterocycles. The number of fused-ring (bicyclic) bond motifs is 1. The Bertz CT molecular complexity index is 785. The van der Waals surface area contributed by atoms with E-state index in [2.05, 4.69) is 5.32 Å². The van der Waals surface area contributed by atoms with Gasteiger partial charge in [0, 0.05) is 11.1 Å². The molecule has 0 fully saturated rings. The van der Waals surface area contributed by atoms with Crippen molar-refractivity contribution in [2.24, 2.45) is 0 Å². The number of ketones is 1. The average Bonchev–Trinajstić information content (AvgIpc) is 2.80. The van der Waals surface area contributed by atoms with Gasteiger partial charge in [-0.05, 0) is 18.1 Å². The number of carbonyl (C=O) groups is 2. The van der Waals surface area contributed by atoms with E-state index in [1.54, 1.807) is 30.3 Å². The zero-order chi connectivity index (χ0) is 16.6. The smallest absolute Gasteiger partial charge is 0.261 e. The van der Waals surface area contributed by atoms with Crippen LogP contribution >= 0.6 is 11.6 Å². The topological polar surface area (TPSA) is 66.4 Å². The molecule has 3 rings (SSSR count). The van der Waals surface area contributed by atoms with E-state index in [1.807, 2.05) is 19.1 Å². The van der Waals surface area contributed by atoms with Crippen LogP contribution < -0.4 is 5.32 Å². The lowest BCUT2D eigenvalue weighted by Crippen LogP contribution is -2.36. The van der Waals surface area contributed by atoms with E-state index in [0.717, 1.165) is 12.0 Å². The lowest BCUT2D eigenvalue weighted by atomic mass is 9.88. The second-order valence-electron chi connectivity index (χ2n) is 5.63. The van der Waals surface area contributed by atoms with Crippen molar-refractivity contribution in [3.63, 3.8) is 0 Å². The lowest BCUT2D eigenvalue weighted by molar-refractivity contribution is -0.133. The summed E-state index contributed by atoms with van der Waals surface area (Å²) < 4.78 is 0. The highest BCUT2D eigenvalue weighted by molar-refractivity contribution is 6.34. The Morgan fingerprint density at radius 1 is 1.22 bits per heavy atom. The number of anilines is 1. The number of para-hydroxylation sites is 1. The molecule has 1 aliphatic rings. The normalized spacial score (nSPS) is 19.3. The van der Waals surface area contributed by atoms with Gasteiger partial charge >= 0.3 is 0 Å². The van der Waals surface area contributed by atoms with Crippen molar-refractivity contribution in [1.29, 1.82) is 0 Å². The van der Waals surface area contributed by atoms with Crippen LogP contribution in [0.2, 0.25) is 5.02 Å². The predicted molar refractivity (Wildman–Crippen MR) is 88.7 cm³/mol. The summed E-state index contributed by atoms with van der Waals surface area (Å²) in [5.41, 5.74) is 0.417. The Morgan fingerprint density at radius 2 is 1.91 bits per heavy atom. The van der Waals surface area contributed by atoms with E-state index in [0.29, 0.717) is 21.8 Å². The number of Topliss-reactive ketones (excluding diaryl/α,β-unsaturated/α-hetero) is 1. The van der Waals surface area contributed by atoms with Crippen molar-refractivity contribution in [3.8, 4) is 0 Å². The number of hydrogen-bond acceptors (Lipinski definition) is 3. The fourth-order valence-electron chi connectivity index (χ4n) is 2.77. The Balaban J connectivity index is 1.91. The molecule has 2 N–H and O–H groups in total. The molecule has 4 nitrogen and oxygen atoms in total. The Hall–Kier alpha value is -2.17. The average molecular weight is 330 g/mol. The maximum Gasteiger partial charge on any atom is 0.261 e. The summed E-state index contributed by atoms with van der Waals surface area (Å²) in [6, 6.07) is 12.1. The maximum atomic E-state index is 12.5. The minimum absolute atomic E-state index is 0.293. The number of amides is 1. The van der Waals surface area contributed by atoms with Crippen molar-refractivity contribution in [3.05, 3.63) is 64.2 Å². The predicted octanol–water partition coefficient (Wildman–Crippen LogP) is 3.32. The molecule has 0 saturated heterocycles. The molecule has 0 aromatic heterocycles. The molecule has 2 aromatic carbocycles. The van der Waals surface area contributed by atoms with E-state index in [1.165, 1.54) is 0 Å². The molecule has 0 bridgehead atoms. The molecule has 1 amide bonds. The van der Waals surface area contributed by atoms with Crippen molar-refractivity contribution in [2.45, 2.75) is 25.4 Å². The van der Waals surface area contributed by atoms with Gasteiger partial charge < -0.3 is 10.4 Å². The molecular weight excluding hydrogens is 314 g/mol. The minimum atomic E-state index is -1.89. The molecule has 0 saturated carbocycles. The Labute approximate surface area is 139 Å². The summed E-state index contributed by atoms with van der Waals surface area (Å²) in [7, 11) is 0. The summed E-state index contributed by atoms with van der Waals surface area (Å²) in [6.45, 7) is 2.03. The highest BCUT2D eigenvalue weighted by Gasteiger charge is 2.47. The SMILES string of the molecule is CCc1ccc(C(=O)CC2(O)C(=O)Nc3c(Cl)cccc32)cc1. The summed E-state index contributed by atoms with van der Waals surface area (Å²) in [6.07, 6.45) is 0.560. The third-order valence-corrected chi connectivity index (χ3v) is 4.49. The van der Waals surface area contributed by atoms with Crippen LogP contribution in [0, 0.1) is 0 Å². The van der Waals surface area contributed by atoms with Crippen molar-refractivity contribution < 1.29 is 14.7 Å². The number of halogens is 1. The number of hydrogen-bond donors (Lipinski definition) is 2. The number of aryl methyl sites for hydroxylation is 1. The summed E-state index contributed by atoms with van der Waals surface area (Å²) in [5.74, 6) is -0.919. The fraction of sp³-hybridized carbons (Fsp3) is 0.222. The molecule has 23 heavy (non-hydrogen) atoms. The van der Waals surface area contributed by atoms with Gasteiger partial charge in [0.1, 0.15) is 0 Å². The van der Waals surface area contributed by atoms with Gasteiger partial charge in [-0.1, -0.05) is 54.9 Å². The molecular formula is C18H16ClNO3. The standard InChI is InChI=1S/C18H16ClNO3/c1-2-11-6-8-12(9-7-11)15(21)10-18(23)13-4-3-5-14(19)16(13)20-17(18)22/h3-9,23H,2,10H2,1H3,(H,20,22). The first-order valence-corrected chi connectivity index (χ1v) is 7.78. The van der Waals surface area contributed by atoms with Gasteiger partial charge in [0.25, 0.3) is 5.91 Å². The summed E-state index contributed by atoms with van der Waals surface area (Å²) in [5, 5.41) is 13.7. The quantitative estimate of drug-likeness (QED) is 0.846. The van der Waals surface area contributed by atoms with Crippen molar-refractivity contribution in [1.82, 2.24) is 0 Å². The second-order valence-corrected chi connectivity index (χ2v) is 6.03. The number of aliphatic hydroxyl groups is 1. The monoisotopic (exact) mass is 329 g/mol. The highest BCUT2D eigenvalue weighted by atomic mass is 35.5. The number of carbonyl (C=O) groups excluding carboxylic acids is 2. The van der Waals surface area contributed by atoms with Gasteiger partial charge in [-0.3, -0.25) is 9.59 Å². The summed E-state index contributed by atoms with van der Waals surface area (Å²) in [4.78, 5) is 24.7. The molecule has 5 heteroatoms. The van der Waals surface area contributed by atoms with Gasteiger partial charge in [-0.25, -0.2) is 0 Å². The molecule has 118 valence electrons. The minimum Gasteiger partial charge on any atom is -0.375 e. The van der Waals surface area contributed by atoms with Crippen LogP contribution in [0.15, 0.2) is 42.5 Å². The Kier molecular flexibility index (Phi) is 3.96.